The van der Waals surface area contributed by atoms with E-state index in [0.717, 1.165) is 18.4 Å². The molecule has 0 aromatic carbocycles. The predicted molar refractivity (Wildman–Crippen MR) is 91.4 cm³/mol. The van der Waals surface area contributed by atoms with Crippen molar-refractivity contribution >= 4 is 12.0 Å². The number of aromatic nitrogens is 1. The molecule has 1 saturated heterocycles. The van der Waals surface area contributed by atoms with Crippen molar-refractivity contribution in [2.75, 3.05) is 6.54 Å². The molecule has 1 aromatic rings. The van der Waals surface area contributed by atoms with E-state index in [4.69, 9.17) is 4.74 Å². The Morgan fingerprint density at radius 3 is 2.75 bits per heavy atom. The van der Waals surface area contributed by atoms with Crippen LogP contribution >= 0.6 is 0 Å². The van der Waals surface area contributed by atoms with Crippen molar-refractivity contribution in [1.29, 1.82) is 0 Å². The number of ether oxygens (including phenoxy) is 1. The van der Waals surface area contributed by atoms with Gasteiger partial charge in [-0.1, -0.05) is 6.07 Å². The van der Waals surface area contributed by atoms with E-state index >= 15 is 0 Å². The van der Waals surface area contributed by atoms with Gasteiger partial charge in [0.2, 0.25) is 5.91 Å². The molecule has 1 fully saturated rings. The summed E-state index contributed by atoms with van der Waals surface area (Å²) in [6.07, 6.45) is 5.49. The zero-order valence-corrected chi connectivity index (χ0v) is 14.9. The summed E-state index contributed by atoms with van der Waals surface area (Å²) in [4.78, 5) is 30.7. The van der Waals surface area contributed by atoms with Crippen LogP contribution in [0.4, 0.5) is 4.79 Å². The Balaban J connectivity index is 2.03. The van der Waals surface area contributed by atoms with Crippen LogP contribution in [-0.2, 0) is 9.53 Å². The number of amides is 2. The largest absolute Gasteiger partial charge is 0.444 e. The summed E-state index contributed by atoms with van der Waals surface area (Å²) >= 11 is 0. The maximum absolute atomic E-state index is 12.7. The average molecular weight is 333 g/mol. The summed E-state index contributed by atoms with van der Waals surface area (Å²) in [5, 5.41) is 2.99. The molecule has 1 aliphatic heterocycles. The van der Waals surface area contributed by atoms with Crippen LogP contribution in [-0.4, -0.2) is 40.1 Å². The standard InChI is InChI=1S/C18H27N3O3/c1-13(14-8-7-10-19-12-14)20-16(22)15-9-5-6-11-21(15)17(23)24-18(2,3)4/h7-8,10,12-13,15H,5-6,9,11H2,1-4H3,(H,20,22)/t13?,15-/m1/s1. The molecule has 0 bridgehead atoms. The minimum absolute atomic E-state index is 0.142. The molecule has 2 rings (SSSR count). The van der Waals surface area contributed by atoms with Crippen molar-refractivity contribution in [3.05, 3.63) is 30.1 Å². The lowest BCUT2D eigenvalue weighted by Gasteiger charge is -2.36. The van der Waals surface area contributed by atoms with Crippen molar-refractivity contribution in [2.45, 2.75) is 64.6 Å². The Morgan fingerprint density at radius 2 is 2.12 bits per heavy atom. The molecule has 6 nitrogen and oxygen atoms in total. The van der Waals surface area contributed by atoms with Gasteiger partial charge in [-0.25, -0.2) is 4.79 Å². The average Bonchev–Trinajstić information content (AvgIpc) is 2.54. The van der Waals surface area contributed by atoms with Crippen LogP contribution in [0.15, 0.2) is 24.5 Å². The van der Waals surface area contributed by atoms with Gasteiger partial charge in [-0.05, 0) is 58.6 Å². The Morgan fingerprint density at radius 1 is 1.38 bits per heavy atom. The molecule has 2 heterocycles. The van der Waals surface area contributed by atoms with Gasteiger partial charge < -0.3 is 10.1 Å². The van der Waals surface area contributed by atoms with Gasteiger partial charge in [0.25, 0.3) is 0 Å². The van der Waals surface area contributed by atoms with E-state index in [1.807, 2.05) is 39.8 Å². The highest BCUT2D eigenvalue weighted by Crippen LogP contribution is 2.21. The highest BCUT2D eigenvalue weighted by molar-refractivity contribution is 5.86. The van der Waals surface area contributed by atoms with E-state index in [0.29, 0.717) is 13.0 Å². The van der Waals surface area contributed by atoms with E-state index in [1.54, 1.807) is 17.3 Å². The van der Waals surface area contributed by atoms with Crippen LogP contribution < -0.4 is 5.32 Å². The molecule has 2 amide bonds. The van der Waals surface area contributed by atoms with E-state index in [9.17, 15) is 9.59 Å². The minimum atomic E-state index is -0.571. The highest BCUT2D eigenvalue weighted by atomic mass is 16.6. The lowest BCUT2D eigenvalue weighted by molar-refractivity contribution is -0.128. The third kappa shape index (κ3) is 4.94. The van der Waals surface area contributed by atoms with Crippen molar-refractivity contribution in [1.82, 2.24) is 15.2 Å². The SMILES string of the molecule is CC(NC(=O)[C@H]1CCCCN1C(=O)OC(C)(C)C)c1cccnc1. The normalized spacial score (nSPS) is 19.5. The van der Waals surface area contributed by atoms with Crippen molar-refractivity contribution in [3.8, 4) is 0 Å². The third-order valence-electron chi connectivity index (χ3n) is 3.98. The predicted octanol–water partition coefficient (Wildman–Crippen LogP) is 3.05. The molecule has 6 heteroatoms. The van der Waals surface area contributed by atoms with E-state index in [1.165, 1.54) is 0 Å². The number of carbonyl (C=O) groups excluding carboxylic acids is 2. The van der Waals surface area contributed by atoms with Crippen LogP contribution in [0.25, 0.3) is 0 Å². The molecule has 2 atom stereocenters. The van der Waals surface area contributed by atoms with Gasteiger partial charge in [0.05, 0.1) is 6.04 Å². The number of hydrogen-bond acceptors (Lipinski definition) is 4. The first-order chi connectivity index (χ1) is 11.3. The van der Waals surface area contributed by atoms with Gasteiger partial charge in [-0.3, -0.25) is 14.7 Å². The van der Waals surface area contributed by atoms with E-state index in [2.05, 4.69) is 10.3 Å². The number of piperidine rings is 1. The fourth-order valence-electron chi connectivity index (χ4n) is 2.77. The van der Waals surface area contributed by atoms with E-state index in [-0.39, 0.29) is 11.9 Å². The Hall–Kier alpha value is -2.11. The molecule has 0 spiro atoms. The van der Waals surface area contributed by atoms with Crippen molar-refractivity contribution < 1.29 is 14.3 Å². The summed E-state index contributed by atoms with van der Waals surface area (Å²) in [6.45, 7) is 7.95. The zero-order valence-electron chi connectivity index (χ0n) is 14.9. The number of nitrogens with one attached hydrogen (secondary N) is 1. The first kappa shape index (κ1) is 18.2. The lowest BCUT2D eigenvalue weighted by atomic mass is 10.0. The van der Waals surface area contributed by atoms with Crippen molar-refractivity contribution in [3.63, 3.8) is 0 Å². The second-order valence-corrected chi connectivity index (χ2v) is 7.20. The van der Waals surface area contributed by atoms with Gasteiger partial charge in [0.15, 0.2) is 0 Å². The molecule has 1 unspecified atom stereocenters. The van der Waals surface area contributed by atoms with Crippen LogP contribution in [0.2, 0.25) is 0 Å². The van der Waals surface area contributed by atoms with E-state index < -0.39 is 17.7 Å². The van der Waals surface area contributed by atoms with Gasteiger partial charge in [0, 0.05) is 18.9 Å². The molecular formula is C18H27N3O3. The fourth-order valence-corrected chi connectivity index (χ4v) is 2.77. The maximum atomic E-state index is 12.7. The first-order valence-electron chi connectivity index (χ1n) is 8.48. The highest BCUT2D eigenvalue weighted by Gasteiger charge is 2.35. The summed E-state index contributed by atoms with van der Waals surface area (Å²) < 4.78 is 5.44. The zero-order chi connectivity index (χ0) is 17.7. The number of carbonyl (C=O) groups is 2. The number of pyridine rings is 1. The third-order valence-corrected chi connectivity index (χ3v) is 3.98. The summed E-state index contributed by atoms with van der Waals surface area (Å²) in [6, 6.07) is 3.12. The molecule has 1 N–H and O–H groups in total. The van der Waals surface area contributed by atoms with Gasteiger partial charge in [-0.2, -0.15) is 0 Å². The Labute approximate surface area is 143 Å². The van der Waals surface area contributed by atoms with Crippen LogP contribution in [0, 0.1) is 0 Å². The van der Waals surface area contributed by atoms with Gasteiger partial charge in [-0.15, -0.1) is 0 Å². The van der Waals surface area contributed by atoms with Crippen LogP contribution in [0.5, 0.6) is 0 Å². The smallest absolute Gasteiger partial charge is 0.410 e. The summed E-state index contributed by atoms with van der Waals surface area (Å²) in [5.74, 6) is -0.142. The number of nitrogens with zero attached hydrogens (tertiary/aromatic N) is 2. The quantitative estimate of drug-likeness (QED) is 0.923. The Kier molecular flexibility index (Phi) is 5.80. The fraction of sp³-hybridized carbons (Fsp3) is 0.611. The number of likely N-dealkylation sites (tertiary alicyclic amines) is 1. The molecule has 132 valence electrons. The first-order valence-corrected chi connectivity index (χ1v) is 8.48. The Bertz CT molecular complexity index is 569. The summed E-state index contributed by atoms with van der Waals surface area (Å²) in [7, 11) is 0. The minimum Gasteiger partial charge on any atom is -0.444 e. The molecule has 0 aliphatic carbocycles. The van der Waals surface area contributed by atoms with Crippen molar-refractivity contribution in [2.24, 2.45) is 0 Å². The lowest BCUT2D eigenvalue weighted by Crippen LogP contribution is -2.53. The molecule has 1 aromatic heterocycles. The molecule has 1 aliphatic rings. The van der Waals surface area contributed by atoms with Crippen LogP contribution in [0.1, 0.15) is 58.6 Å². The monoisotopic (exact) mass is 333 g/mol. The second kappa shape index (κ2) is 7.64. The molecule has 24 heavy (non-hydrogen) atoms. The maximum Gasteiger partial charge on any atom is 0.410 e. The number of rotatable bonds is 3. The van der Waals surface area contributed by atoms with Gasteiger partial charge >= 0.3 is 6.09 Å². The summed E-state index contributed by atoms with van der Waals surface area (Å²) in [5.41, 5.74) is 0.365. The molecule has 0 saturated carbocycles. The van der Waals surface area contributed by atoms with Crippen LogP contribution in [0.3, 0.4) is 0 Å². The number of hydrogen-bond donors (Lipinski definition) is 1. The van der Waals surface area contributed by atoms with Gasteiger partial charge in [0.1, 0.15) is 11.6 Å². The molecular weight excluding hydrogens is 306 g/mol. The topological polar surface area (TPSA) is 71.5 Å². The second-order valence-electron chi connectivity index (χ2n) is 7.20. The molecule has 0 radical (unpaired) electrons.